The molecule has 0 rings (SSSR count). The zero-order valence-electron chi connectivity index (χ0n) is 9.95. The molecule has 0 aromatic heterocycles. The monoisotopic (exact) mass is 283 g/mol. The second-order valence-electron chi connectivity index (χ2n) is 3.25. The van der Waals surface area contributed by atoms with Crippen molar-refractivity contribution in [2.24, 2.45) is 0 Å². The summed E-state index contributed by atoms with van der Waals surface area (Å²) in [6.45, 7) is -1.71. The highest BCUT2D eigenvalue weighted by Crippen LogP contribution is 1.91. The Kier molecular flexibility index (Phi) is 8.96. The largest absolute Gasteiger partial charge is 0.480 e. The predicted octanol–water partition coefficient (Wildman–Crippen LogP) is -1.23. The Balaban J connectivity index is 3.48. The first-order valence-electron chi connectivity index (χ1n) is 5.28. The van der Waals surface area contributed by atoms with E-state index in [1.807, 2.05) is 5.32 Å². The number of nitrogens with one attached hydrogen (secondary N) is 3. The van der Waals surface area contributed by atoms with Crippen LogP contribution in [0.1, 0.15) is 0 Å². The molecule has 0 saturated heterocycles. The smallest absolute Gasteiger partial charge is 0.322 e. The van der Waals surface area contributed by atoms with Gasteiger partial charge in [0.15, 0.2) is 0 Å². The van der Waals surface area contributed by atoms with Crippen molar-refractivity contribution in [2.45, 2.75) is 6.43 Å². The third-order valence-electron chi connectivity index (χ3n) is 1.62. The minimum Gasteiger partial charge on any atom is -0.480 e. The molecule has 0 atom stereocenters. The quantitative estimate of drug-likeness (QED) is 0.395. The minimum absolute atomic E-state index is 0.00922. The fourth-order valence-corrected chi connectivity index (χ4v) is 0.869. The average Bonchev–Trinajstić information content (AvgIpc) is 2.33. The molecule has 0 bridgehead atoms. The molecule has 0 aromatic rings. The van der Waals surface area contributed by atoms with Crippen LogP contribution in [0, 0.1) is 0 Å². The molecule has 4 N–H and O–H groups in total. The summed E-state index contributed by atoms with van der Waals surface area (Å²) in [5.74, 6) is -1.86. The predicted molar refractivity (Wildman–Crippen MR) is 58.9 cm³/mol. The van der Waals surface area contributed by atoms with Gasteiger partial charge in [0.25, 0.3) is 6.43 Å². The lowest BCUT2D eigenvalue weighted by atomic mass is 10.5. The van der Waals surface area contributed by atoms with Crippen LogP contribution in [0.15, 0.2) is 0 Å². The van der Waals surface area contributed by atoms with Crippen LogP contribution in [0.4, 0.5) is 13.6 Å². The van der Waals surface area contributed by atoms with E-state index in [2.05, 4.69) is 15.4 Å². The summed E-state index contributed by atoms with van der Waals surface area (Å²) in [5.41, 5.74) is 0. The maximum absolute atomic E-state index is 11.6. The number of carboxylic acids is 1. The molecule has 0 unspecified atom stereocenters. The van der Waals surface area contributed by atoms with E-state index >= 15 is 0 Å². The van der Waals surface area contributed by atoms with Crippen LogP contribution in [0.3, 0.4) is 0 Å². The Bertz CT molecular complexity index is 314. The van der Waals surface area contributed by atoms with E-state index in [1.165, 1.54) is 0 Å². The van der Waals surface area contributed by atoms with E-state index in [0.29, 0.717) is 0 Å². The highest BCUT2D eigenvalue weighted by atomic mass is 19.3. The van der Waals surface area contributed by atoms with Crippen molar-refractivity contribution in [3.8, 4) is 0 Å². The Morgan fingerprint density at radius 3 is 2.37 bits per heavy atom. The number of halogens is 2. The fourth-order valence-electron chi connectivity index (χ4n) is 0.869. The van der Waals surface area contributed by atoms with Gasteiger partial charge in [-0.25, -0.2) is 13.6 Å². The number of carbonyl (C=O) groups excluding carboxylic acids is 2. The number of alkyl halides is 2. The number of hydrogen-bond donors (Lipinski definition) is 4. The molecule has 0 fully saturated rings. The van der Waals surface area contributed by atoms with Crippen LogP contribution < -0.4 is 16.0 Å². The van der Waals surface area contributed by atoms with Gasteiger partial charge in [-0.15, -0.1) is 0 Å². The highest BCUT2D eigenvalue weighted by molar-refractivity contribution is 5.86. The first-order valence-corrected chi connectivity index (χ1v) is 5.28. The SMILES string of the molecule is O=C(O)CNC(=O)CNC(=O)NCCOCC(F)F. The molecule has 19 heavy (non-hydrogen) atoms. The second kappa shape index (κ2) is 10.00. The topological polar surface area (TPSA) is 117 Å². The van der Waals surface area contributed by atoms with E-state index < -0.39 is 44.0 Å². The molecule has 0 aliphatic carbocycles. The molecule has 0 radical (unpaired) electrons. The molecule has 8 nitrogen and oxygen atoms in total. The van der Waals surface area contributed by atoms with Gasteiger partial charge in [0.2, 0.25) is 5.91 Å². The van der Waals surface area contributed by atoms with Crippen LogP contribution in [-0.4, -0.2) is 62.3 Å². The summed E-state index contributed by atoms with van der Waals surface area (Å²) in [5, 5.41) is 14.7. The van der Waals surface area contributed by atoms with Crippen molar-refractivity contribution >= 4 is 17.9 Å². The van der Waals surface area contributed by atoms with Crippen molar-refractivity contribution in [3.05, 3.63) is 0 Å². The van der Waals surface area contributed by atoms with Crippen molar-refractivity contribution in [2.75, 3.05) is 32.8 Å². The molecular weight excluding hydrogens is 268 g/mol. The standard InChI is InChI=1S/C9H15F2N3O5/c10-6(11)5-19-2-1-12-9(18)14-3-7(15)13-4-8(16)17/h6H,1-5H2,(H,13,15)(H,16,17)(H2,12,14,18). The number of urea groups is 1. The number of carboxylic acid groups (broad SMARTS) is 1. The molecule has 3 amide bonds. The zero-order chi connectivity index (χ0) is 14.7. The van der Waals surface area contributed by atoms with Crippen LogP contribution in [0.2, 0.25) is 0 Å². The number of amides is 3. The van der Waals surface area contributed by atoms with E-state index in [4.69, 9.17) is 5.11 Å². The van der Waals surface area contributed by atoms with Crippen molar-refractivity contribution in [1.82, 2.24) is 16.0 Å². The third kappa shape index (κ3) is 12.3. The van der Waals surface area contributed by atoms with Gasteiger partial charge in [-0.2, -0.15) is 0 Å². The maximum atomic E-state index is 11.6. The van der Waals surface area contributed by atoms with Gasteiger partial charge in [-0.1, -0.05) is 0 Å². The number of aliphatic carboxylic acids is 1. The lowest BCUT2D eigenvalue weighted by Gasteiger charge is -2.08. The van der Waals surface area contributed by atoms with Gasteiger partial charge in [0, 0.05) is 6.54 Å². The number of hydrogen-bond acceptors (Lipinski definition) is 4. The van der Waals surface area contributed by atoms with Gasteiger partial charge in [0.05, 0.1) is 13.2 Å². The van der Waals surface area contributed by atoms with Gasteiger partial charge < -0.3 is 25.8 Å². The van der Waals surface area contributed by atoms with Crippen molar-refractivity contribution < 1.29 is 33.0 Å². The Labute approximate surface area is 107 Å². The van der Waals surface area contributed by atoms with Gasteiger partial charge >= 0.3 is 12.0 Å². The molecule has 0 spiro atoms. The second-order valence-corrected chi connectivity index (χ2v) is 3.25. The fraction of sp³-hybridized carbons (Fsp3) is 0.667. The highest BCUT2D eigenvalue weighted by Gasteiger charge is 2.06. The molecule has 10 heteroatoms. The lowest BCUT2D eigenvalue weighted by molar-refractivity contribution is -0.137. The molecule has 110 valence electrons. The summed E-state index contributed by atoms with van der Waals surface area (Å²) in [6.07, 6.45) is -2.56. The molecular formula is C9H15F2N3O5. The first kappa shape index (κ1) is 17.0. The van der Waals surface area contributed by atoms with Gasteiger partial charge in [-0.05, 0) is 0 Å². The van der Waals surface area contributed by atoms with E-state index in [9.17, 15) is 23.2 Å². The summed E-state index contributed by atoms with van der Waals surface area (Å²) in [6, 6.07) is -0.689. The Morgan fingerprint density at radius 1 is 1.11 bits per heavy atom. The molecule has 0 aliphatic rings. The van der Waals surface area contributed by atoms with Crippen LogP contribution in [0.25, 0.3) is 0 Å². The number of ether oxygens (including phenoxy) is 1. The van der Waals surface area contributed by atoms with Crippen LogP contribution in [0.5, 0.6) is 0 Å². The molecule has 0 heterocycles. The van der Waals surface area contributed by atoms with E-state index in [-0.39, 0.29) is 13.2 Å². The lowest BCUT2D eigenvalue weighted by Crippen LogP contribution is -2.43. The summed E-state index contributed by atoms with van der Waals surface area (Å²) < 4.78 is 27.8. The van der Waals surface area contributed by atoms with Crippen molar-refractivity contribution in [3.63, 3.8) is 0 Å². The summed E-state index contributed by atoms with van der Waals surface area (Å²) in [4.78, 5) is 32.1. The van der Waals surface area contributed by atoms with Gasteiger partial charge in [0.1, 0.15) is 13.2 Å². The Hall–Kier alpha value is -1.97. The average molecular weight is 283 g/mol. The van der Waals surface area contributed by atoms with Crippen LogP contribution in [-0.2, 0) is 14.3 Å². The van der Waals surface area contributed by atoms with Crippen molar-refractivity contribution in [1.29, 1.82) is 0 Å². The number of carbonyl (C=O) groups is 3. The maximum Gasteiger partial charge on any atom is 0.322 e. The third-order valence-corrected chi connectivity index (χ3v) is 1.62. The normalized spacial score (nSPS) is 10.1. The first-order chi connectivity index (χ1) is 8.91. The number of rotatable bonds is 9. The minimum atomic E-state index is -2.56. The molecule has 0 saturated carbocycles. The Morgan fingerprint density at radius 2 is 1.79 bits per heavy atom. The zero-order valence-corrected chi connectivity index (χ0v) is 9.95. The summed E-state index contributed by atoms with van der Waals surface area (Å²) >= 11 is 0. The van der Waals surface area contributed by atoms with E-state index in [1.54, 1.807) is 0 Å². The molecule has 0 aromatic carbocycles. The summed E-state index contributed by atoms with van der Waals surface area (Å²) in [7, 11) is 0. The van der Waals surface area contributed by atoms with E-state index in [0.717, 1.165) is 0 Å². The van der Waals surface area contributed by atoms with Crippen LogP contribution >= 0.6 is 0 Å². The van der Waals surface area contributed by atoms with Gasteiger partial charge in [-0.3, -0.25) is 9.59 Å². The molecule has 0 aliphatic heterocycles.